The van der Waals surface area contributed by atoms with E-state index in [0.717, 1.165) is 35.1 Å². The summed E-state index contributed by atoms with van der Waals surface area (Å²) in [5.41, 5.74) is 5.13. The largest absolute Gasteiger partial charge is 0.507 e. The third-order valence-electron chi connectivity index (χ3n) is 7.27. The minimum atomic E-state index is -0.188. The zero-order valence-corrected chi connectivity index (χ0v) is 19.1. The Balaban J connectivity index is 1.55. The SMILES string of the molecule is Cc1ccc([C@H](CC(=O)NCC2(c3ccccc3)CCCC2)c2ccccc2)c(O)c1C. The first-order valence-corrected chi connectivity index (χ1v) is 11.7. The Bertz CT molecular complexity index is 1050. The van der Waals surface area contributed by atoms with Gasteiger partial charge in [-0.1, -0.05) is 85.6 Å². The van der Waals surface area contributed by atoms with Gasteiger partial charge in [0.1, 0.15) is 5.75 Å². The molecule has 0 aromatic heterocycles. The van der Waals surface area contributed by atoms with Crippen molar-refractivity contribution < 1.29 is 9.90 Å². The molecule has 1 fully saturated rings. The fourth-order valence-electron chi connectivity index (χ4n) is 5.13. The molecule has 1 aliphatic carbocycles. The van der Waals surface area contributed by atoms with E-state index in [0.29, 0.717) is 18.7 Å². The van der Waals surface area contributed by atoms with Crippen molar-refractivity contribution in [2.45, 2.75) is 57.3 Å². The Morgan fingerprint density at radius 2 is 1.56 bits per heavy atom. The minimum Gasteiger partial charge on any atom is -0.507 e. The molecule has 0 saturated heterocycles. The van der Waals surface area contributed by atoms with E-state index in [9.17, 15) is 9.90 Å². The van der Waals surface area contributed by atoms with Crippen LogP contribution in [0.5, 0.6) is 5.75 Å². The molecule has 1 saturated carbocycles. The van der Waals surface area contributed by atoms with Crippen LogP contribution in [0.4, 0.5) is 0 Å². The molecule has 32 heavy (non-hydrogen) atoms. The van der Waals surface area contributed by atoms with E-state index in [2.05, 4.69) is 29.6 Å². The summed E-state index contributed by atoms with van der Waals surface area (Å²) in [6, 6.07) is 24.6. The second-order valence-electron chi connectivity index (χ2n) is 9.24. The maximum atomic E-state index is 13.2. The fourth-order valence-corrected chi connectivity index (χ4v) is 5.13. The fraction of sp³-hybridized carbons (Fsp3) is 0.345. The molecular weight excluding hydrogens is 394 g/mol. The molecule has 4 rings (SSSR count). The van der Waals surface area contributed by atoms with Crippen LogP contribution in [0, 0.1) is 13.8 Å². The monoisotopic (exact) mass is 427 g/mol. The van der Waals surface area contributed by atoms with E-state index in [1.807, 2.05) is 62.4 Å². The molecule has 1 amide bonds. The second kappa shape index (κ2) is 9.60. The minimum absolute atomic E-state index is 0.0266. The quantitative estimate of drug-likeness (QED) is 0.474. The van der Waals surface area contributed by atoms with Crippen LogP contribution in [-0.4, -0.2) is 17.6 Å². The van der Waals surface area contributed by atoms with Crippen molar-refractivity contribution in [3.05, 3.63) is 101 Å². The number of aromatic hydroxyl groups is 1. The van der Waals surface area contributed by atoms with E-state index < -0.39 is 0 Å². The summed E-state index contributed by atoms with van der Waals surface area (Å²) in [4.78, 5) is 13.2. The number of rotatable bonds is 7. The van der Waals surface area contributed by atoms with Crippen LogP contribution in [-0.2, 0) is 10.2 Å². The highest BCUT2D eigenvalue weighted by molar-refractivity contribution is 5.78. The number of aryl methyl sites for hydroxylation is 1. The molecule has 0 radical (unpaired) electrons. The van der Waals surface area contributed by atoms with Gasteiger partial charge >= 0.3 is 0 Å². The number of phenolic OH excluding ortho intramolecular Hbond substituents is 1. The average Bonchev–Trinajstić information content (AvgIpc) is 3.32. The predicted molar refractivity (Wildman–Crippen MR) is 130 cm³/mol. The maximum absolute atomic E-state index is 13.2. The molecule has 3 heteroatoms. The van der Waals surface area contributed by atoms with Gasteiger partial charge in [0.05, 0.1) is 0 Å². The molecule has 3 aromatic carbocycles. The zero-order valence-electron chi connectivity index (χ0n) is 19.1. The van der Waals surface area contributed by atoms with Crippen LogP contribution >= 0.6 is 0 Å². The molecule has 0 bridgehead atoms. The predicted octanol–water partition coefficient (Wildman–Crippen LogP) is 6.16. The first kappa shape index (κ1) is 22.1. The van der Waals surface area contributed by atoms with Gasteiger partial charge in [-0.15, -0.1) is 0 Å². The van der Waals surface area contributed by atoms with E-state index in [-0.39, 0.29) is 17.2 Å². The van der Waals surface area contributed by atoms with Gasteiger partial charge in [0, 0.05) is 29.9 Å². The molecule has 166 valence electrons. The van der Waals surface area contributed by atoms with Gasteiger partial charge < -0.3 is 10.4 Å². The lowest BCUT2D eigenvalue weighted by molar-refractivity contribution is -0.121. The summed E-state index contributed by atoms with van der Waals surface area (Å²) in [6.07, 6.45) is 4.93. The topological polar surface area (TPSA) is 49.3 Å². The van der Waals surface area contributed by atoms with Gasteiger partial charge in [0.15, 0.2) is 0 Å². The van der Waals surface area contributed by atoms with Gasteiger partial charge in [-0.25, -0.2) is 0 Å². The van der Waals surface area contributed by atoms with Crippen molar-refractivity contribution in [1.29, 1.82) is 0 Å². The molecule has 3 nitrogen and oxygen atoms in total. The number of hydrogen-bond donors (Lipinski definition) is 2. The standard InChI is InChI=1S/C29H33NO2/c1-21-15-16-25(28(32)22(21)2)26(23-11-5-3-6-12-23)19-27(31)30-20-29(17-9-10-18-29)24-13-7-4-8-14-24/h3-8,11-16,26,32H,9-10,17-20H2,1-2H3,(H,30,31)/t26-/m1/s1. The number of carbonyl (C=O) groups is 1. The Morgan fingerprint density at radius 3 is 2.22 bits per heavy atom. The summed E-state index contributed by atoms with van der Waals surface area (Å²) in [6.45, 7) is 4.59. The summed E-state index contributed by atoms with van der Waals surface area (Å²) in [5.74, 6) is 0.133. The lowest BCUT2D eigenvalue weighted by atomic mass is 9.78. The average molecular weight is 428 g/mol. The summed E-state index contributed by atoms with van der Waals surface area (Å²) in [5, 5.41) is 14.1. The number of phenols is 1. The molecule has 0 aliphatic heterocycles. The molecule has 1 aliphatic rings. The Morgan fingerprint density at radius 1 is 0.938 bits per heavy atom. The van der Waals surface area contributed by atoms with Gasteiger partial charge in [0.25, 0.3) is 0 Å². The van der Waals surface area contributed by atoms with E-state index >= 15 is 0 Å². The number of benzene rings is 3. The molecule has 2 N–H and O–H groups in total. The number of hydrogen-bond acceptors (Lipinski definition) is 2. The Hall–Kier alpha value is -3.07. The Kier molecular flexibility index (Phi) is 6.64. The molecule has 0 spiro atoms. The van der Waals surface area contributed by atoms with Crippen LogP contribution in [0.2, 0.25) is 0 Å². The van der Waals surface area contributed by atoms with E-state index in [4.69, 9.17) is 0 Å². The van der Waals surface area contributed by atoms with Crippen molar-refractivity contribution >= 4 is 5.91 Å². The maximum Gasteiger partial charge on any atom is 0.220 e. The van der Waals surface area contributed by atoms with Gasteiger partial charge in [0.2, 0.25) is 5.91 Å². The van der Waals surface area contributed by atoms with Crippen molar-refractivity contribution in [3.8, 4) is 5.75 Å². The van der Waals surface area contributed by atoms with Gasteiger partial charge in [-0.3, -0.25) is 4.79 Å². The summed E-state index contributed by atoms with van der Waals surface area (Å²) < 4.78 is 0. The summed E-state index contributed by atoms with van der Waals surface area (Å²) >= 11 is 0. The third kappa shape index (κ3) is 4.57. The van der Waals surface area contributed by atoms with E-state index in [1.54, 1.807) is 0 Å². The molecule has 0 unspecified atom stereocenters. The van der Waals surface area contributed by atoms with Crippen LogP contribution in [0.15, 0.2) is 72.8 Å². The summed E-state index contributed by atoms with van der Waals surface area (Å²) in [7, 11) is 0. The third-order valence-corrected chi connectivity index (χ3v) is 7.27. The highest BCUT2D eigenvalue weighted by Gasteiger charge is 2.36. The lowest BCUT2D eigenvalue weighted by Crippen LogP contribution is -2.39. The molecule has 1 atom stereocenters. The van der Waals surface area contributed by atoms with Crippen LogP contribution in [0.25, 0.3) is 0 Å². The smallest absolute Gasteiger partial charge is 0.220 e. The second-order valence-corrected chi connectivity index (χ2v) is 9.24. The number of carbonyl (C=O) groups excluding carboxylic acids is 1. The Labute approximate surface area is 191 Å². The van der Waals surface area contributed by atoms with Crippen molar-refractivity contribution in [2.24, 2.45) is 0 Å². The van der Waals surface area contributed by atoms with Crippen molar-refractivity contribution in [2.75, 3.05) is 6.54 Å². The van der Waals surface area contributed by atoms with Gasteiger partial charge in [-0.2, -0.15) is 0 Å². The van der Waals surface area contributed by atoms with Crippen LogP contribution in [0.1, 0.15) is 65.8 Å². The van der Waals surface area contributed by atoms with Crippen molar-refractivity contribution in [3.63, 3.8) is 0 Å². The molecular formula is C29H33NO2. The lowest BCUT2D eigenvalue weighted by Gasteiger charge is -2.30. The number of amides is 1. The number of nitrogens with one attached hydrogen (secondary N) is 1. The molecule has 0 heterocycles. The first-order valence-electron chi connectivity index (χ1n) is 11.7. The van der Waals surface area contributed by atoms with E-state index in [1.165, 1.54) is 18.4 Å². The van der Waals surface area contributed by atoms with Gasteiger partial charge in [-0.05, 0) is 48.9 Å². The normalized spacial score (nSPS) is 15.9. The van der Waals surface area contributed by atoms with Crippen molar-refractivity contribution in [1.82, 2.24) is 5.32 Å². The first-order chi connectivity index (χ1) is 15.5. The van der Waals surface area contributed by atoms with Crippen LogP contribution < -0.4 is 5.32 Å². The molecule has 3 aromatic rings. The highest BCUT2D eigenvalue weighted by atomic mass is 16.3. The highest BCUT2D eigenvalue weighted by Crippen LogP contribution is 2.41. The zero-order chi connectivity index (χ0) is 22.6. The van der Waals surface area contributed by atoms with Crippen LogP contribution in [0.3, 0.4) is 0 Å².